The Labute approximate surface area is 91.5 Å². The van der Waals surface area contributed by atoms with Gasteiger partial charge in [0.15, 0.2) is 0 Å². The Hall–Kier alpha value is -0.480. The number of aryl methyl sites for hydroxylation is 1. The predicted molar refractivity (Wildman–Crippen MR) is 60.4 cm³/mol. The van der Waals surface area contributed by atoms with E-state index in [9.17, 15) is 0 Å². The first-order chi connectivity index (χ1) is 6.77. The van der Waals surface area contributed by atoms with Crippen molar-refractivity contribution in [1.82, 2.24) is 0 Å². The topological polar surface area (TPSA) is 22.4 Å². The lowest BCUT2D eigenvalue weighted by atomic mass is 10.3. The molecule has 1 aromatic rings. The maximum Gasteiger partial charge on any atom is 0.115 e. The summed E-state index contributed by atoms with van der Waals surface area (Å²) < 4.78 is 10.6. The SMILES string of the molecule is Cc1occc1SSC1C=COC1C. The molecule has 0 saturated carbocycles. The number of hydrogen-bond donors (Lipinski definition) is 0. The third kappa shape index (κ3) is 2.12. The van der Waals surface area contributed by atoms with Crippen LogP contribution in [0, 0.1) is 6.92 Å². The van der Waals surface area contributed by atoms with E-state index in [1.165, 1.54) is 4.90 Å². The Bertz CT molecular complexity index is 333. The van der Waals surface area contributed by atoms with E-state index in [1.54, 1.807) is 23.3 Å². The third-order valence-electron chi connectivity index (χ3n) is 2.08. The van der Waals surface area contributed by atoms with Crippen LogP contribution < -0.4 is 0 Å². The van der Waals surface area contributed by atoms with Crippen LogP contribution in [0.25, 0.3) is 0 Å². The molecule has 0 amide bonds. The Morgan fingerprint density at radius 3 is 2.86 bits per heavy atom. The first-order valence-electron chi connectivity index (χ1n) is 4.47. The summed E-state index contributed by atoms with van der Waals surface area (Å²) in [5.41, 5.74) is 0. The Balaban J connectivity index is 1.88. The monoisotopic (exact) mass is 228 g/mol. The zero-order chi connectivity index (χ0) is 9.97. The molecule has 2 rings (SSSR count). The molecule has 0 N–H and O–H groups in total. The van der Waals surface area contributed by atoms with Crippen molar-refractivity contribution in [3.8, 4) is 0 Å². The van der Waals surface area contributed by atoms with E-state index in [1.807, 2.05) is 23.8 Å². The smallest absolute Gasteiger partial charge is 0.115 e. The van der Waals surface area contributed by atoms with E-state index < -0.39 is 0 Å². The predicted octanol–water partition coefficient (Wildman–Crippen LogP) is 3.63. The van der Waals surface area contributed by atoms with E-state index in [-0.39, 0.29) is 6.10 Å². The molecule has 0 fully saturated rings. The summed E-state index contributed by atoms with van der Waals surface area (Å²) in [5, 5.41) is 0.439. The summed E-state index contributed by atoms with van der Waals surface area (Å²) in [7, 11) is 3.56. The molecule has 76 valence electrons. The van der Waals surface area contributed by atoms with Gasteiger partial charge in [0.05, 0.1) is 22.7 Å². The second kappa shape index (κ2) is 4.36. The second-order valence-corrected chi connectivity index (χ2v) is 5.58. The van der Waals surface area contributed by atoms with Crippen molar-refractivity contribution in [3.63, 3.8) is 0 Å². The van der Waals surface area contributed by atoms with Gasteiger partial charge in [-0.1, -0.05) is 21.6 Å². The number of rotatable bonds is 3. The van der Waals surface area contributed by atoms with Gasteiger partial charge in [-0.3, -0.25) is 0 Å². The fourth-order valence-electron chi connectivity index (χ4n) is 1.16. The summed E-state index contributed by atoms with van der Waals surface area (Å²) >= 11 is 0. The van der Waals surface area contributed by atoms with Crippen LogP contribution in [-0.4, -0.2) is 11.4 Å². The molecule has 2 nitrogen and oxygen atoms in total. The Kier molecular flexibility index (Phi) is 3.13. The molecule has 2 unspecified atom stereocenters. The number of hydrogen-bond acceptors (Lipinski definition) is 4. The van der Waals surface area contributed by atoms with Gasteiger partial charge >= 0.3 is 0 Å². The highest BCUT2D eigenvalue weighted by Crippen LogP contribution is 2.40. The van der Waals surface area contributed by atoms with Crippen molar-refractivity contribution in [1.29, 1.82) is 0 Å². The number of furan rings is 1. The van der Waals surface area contributed by atoms with Crippen molar-refractivity contribution >= 4 is 21.6 Å². The van der Waals surface area contributed by atoms with Gasteiger partial charge in [-0.15, -0.1) is 0 Å². The lowest BCUT2D eigenvalue weighted by molar-refractivity contribution is 0.193. The molecule has 2 atom stereocenters. The molecular formula is C10H12O2S2. The largest absolute Gasteiger partial charge is 0.497 e. The van der Waals surface area contributed by atoms with Crippen molar-refractivity contribution in [2.24, 2.45) is 0 Å². The maximum atomic E-state index is 5.33. The van der Waals surface area contributed by atoms with Gasteiger partial charge in [0.2, 0.25) is 0 Å². The minimum absolute atomic E-state index is 0.278. The van der Waals surface area contributed by atoms with Crippen molar-refractivity contribution in [3.05, 3.63) is 30.4 Å². The standard InChI is InChI=1S/C10H12O2S2/c1-7-9(3-5-11-7)13-14-10-4-6-12-8(10)2/h3-7,9H,1-2H3. The molecule has 0 aromatic carbocycles. The quantitative estimate of drug-likeness (QED) is 0.737. The molecule has 1 aliphatic heterocycles. The minimum atomic E-state index is 0.278. The first-order valence-corrected chi connectivity index (χ1v) is 6.68. The summed E-state index contributed by atoms with van der Waals surface area (Å²) in [6, 6.07) is 2.00. The van der Waals surface area contributed by atoms with Gasteiger partial charge in [0, 0.05) is 0 Å². The molecule has 0 bridgehead atoms. The van der Waals surface area contributed by atoms with Crippen LogP contribution in [-0.2, 0) is 4.74 Å². The highest BCUT2D eigenvalue weighted by molar-refractivity contribution is 8.77. The molecule has 1 aliphatic rings. The van der Waals surface area contributed by atoms with Crippen LogP contribution in [0.2, 0.25) is 0 Å². The molecule has 0 radical (unpaired) electrons. The fraction of sp³-hybridized carbons (Fsp3) is 0.400. The Morgan fingerprint density at radius 1 is 1.43 bits per heavy atom. The lowest BCUT2D eigenvalue weighted by Gasteiger charge is -2.11. The summed E-state index contributed by atoms with van der Waals surface area (Å²) in [6.07, 6.45) is 5.88. The molecule has 4 heteroatoms. The van der Waals surface area contributed by atoms with Crippen LogP contribution in [0.3, 0.4) is 0 Å². The van der Waals surface area contributed by atoms with E-state index in [4.69, 9.17) is 9.15 Å². The van der Waals surface area contributed by atoms with Gasteiger partial charge in [-0.25, -0.2) is 0 Å². The first kappa shape index (κ1) is 10.1. The van der Waals surface area contributed by atoms with Crippen LogP contribution in [0.4, 0.5) is 0 Å². The summed E-state index contributed by atoms with van der Waals surface area (Å²) in [4.78, 5) is 1.20. The average Bonchev–Trinajstić information content (AvgIpc) is 2.72. The Morgan fingerprint density at radius 2 is 2.29 bits per heavy atom. The fourth-order valence-corrected chi connectivity index (χ4v) is 3.82. The highest BCUT2D eigenvalue weighted by Gasteiger charge is 2.21. The lowest BCUT2D eigenvalue weighted by Crippen LogP contribution is -2.12. The summed E-state index contributed by atoms with van der Waals surface area (Å²) in [6.45, 7) is 4.06. The molecule has 1 aromatic heterocycles. The van der Waals surface area contributed by atoms with Crippen molar-refractivity contribution in [2.45, 2.75) is 30.1 Å². The highest BCUT2D eigenvalue weighted by atomic mass is 33.1. The van der Waals surface area contributed by atoms with Crippen LogP contribution in [0.5, 0.6) is 0 Å². The molecule has 14 heavy (non-hydrogen) atoms. The average molecular weight is 228 g/mol. The van der Waals surface area contributed by atoms with Crippen LogP contribution in [0.1, 0.15) is 12.7 Å². The molecule has 0 spiro atoms. The normalized spacial score (nSPS) is 25.3. The third-order valence-corrected chi connectivity index (χ3v) is 5.04. The zero-order valence-corrected chi connectivity index (χ0v) is 9.73. The van der Waals surface area contributed by atoms with Gasteiger partial charge < -0.3 is 9.15 Å². The summed E-state index contributed by atoms with van der Waals surface area (Å²) in [5.74, 6) is 0.984. The zero-order valence-electron chi connectivity index (χ0n) is 8.10. The van der Waals surface area contributed by atoms with E-state index >= 15 is 0 Å². The molecular weight excluding hydrogens is 216 g/mol. The van der Waals surface area contributed by atoms with Crippen molar-refractivity contribution < 1.29 is 9.15 Å². The van der Waals surface area contributed by atoms with Gasteiger partial charge in [-0.2, -0.15) is 0 Å². The van der Waals surface area contributed by atoms with E-state index in [0.717, 1.165) is 5.76 Å². The van der Waals surface area contributed by atoms with E-state index in [2.05, 4.69) is 13.0 Å². The van der Waals surface area contributed by atoms with Gasteiger partial charge in [0.25, 0.3) is 0 Å². The van der Waals surface area contributed by atoms with Gasteiger partial charge in [-0.05, 0) is 26.0 Å². The van der Waals surface area contributed by atoms with E-state index in [0.29, 0.717) is 5.25 Å². The van der Waals surface area contributed by atoms with Crippen molar-refractivity contribution in [2.75, 3.05) is 0 Å². The molecule has 2 heterocycles. The minimum Gasteiger partial charge on any atom is -0.497 e. The number of ether oxygens (including phenoxy) is 1. The van der Waals surface area contributed by atoms with Crippen LogP contribution >= 0.6 is 21.6 Å². The molecule has 0 saturated heterocycles. The van der Waals surface area contributed by atoms with Crippen LogP contribution in [0.15, 0.2) is 34.0 Å². The second-order valence-electron chi connectivity index (χ2n) is 3.15. The molecule has 0 aliphatic carbocycles. The maximum absolute atomic E-state index is 5.33. The van der Waals surface area contributed by atoms with Gasteiger partial charge in [0.1, 0.15) is 11.9 Å².